The summed E-state index contributed by atoms with van der Waals surface area (Å²) in [6, 6.07) is 10.6. The minimum atomic E-state index is -2.61. The average Bonchev–Trinajstić information content (AvgIpc) is 4.06. The molecule has 0 unspecified atom stereocenters. The fraction of sp³-hybridized carbons (Fsp3) is 0.500. The third-order valence-electron chi connectivity index (χ3n) is 12.4. The van der Waals surface area contributed by atoms with Gasteiger partial charge in [-0.25, -0.2) is 22.5 Å². The first-order valence-electron chi connectivity index (χ1n) is 21.0. The number of halogens is 4. The van der Waals surface area contributed by atoms with Gasteiger partial charge in [0.1, 0.15) is 23.4 Å². The Morgan fingerprint density at radius 2 is 1.31 bits per heavy atom. The van der Waals surface area contributed by atoms with E-state index >= 15 is 0 Å². The molecule has 2 aliphatic heterocycles. The average molecular weight is 847 g/mol. The normalized spacial score (nSPS) is 21.5. The van der Waals surface area contributed by atoms with Crippen molar-refractivity contribution in [2.75, 3.05) is 10.6 Å². The molecule has 5 aromatic rings. The first-order valence-corrected chi connectivity index (χ1v) is 21.0. The Labute approximate surface area is 349 Å². The van der Waals surface area contributed by atoms with Gasteiger partial charge in [-0.3, -0.25) is 14.4 Å². The summed E-state index contributed by atoms with van der Waals surface area (Å²) in [5.74, 6) is -3.48. The number of nitrogens with one attached hydrogen (secondary N) is 4. The van der Waals surface area contributed by atoms with Crippen LogP contribution in [0.3, 0.4) is 0 Å². The number of rotatable bonds is 8. The quantitative estimate of drug-likeness (QED) is 0.111. The second-order valence-corrected chi connectivity index (χ2v) is 16.9. The Hall–Kier alpha value is -5.74. The Bertz CT molecular complexity index is 2420. The number of nitrogens with zero attached hydrogens (tertiary/aromatic N) is 4. The van der Waals surface area contributed by atoms with Crippen molar-refractivity contribution >= 4 is 40.1 Å². The van der Waals surface area contributed by atoms with Crippen LogP contribution in [0.5, 0.6) is 0 Å². The molecule has 9 rings (SSSR count). The zero-order valence-electron chi connectivity index (χ0n) is 34.6. The van der Waals surface area contributed by atoms with Crippen molar-refractivity contribution < 1.29 is 41.0 Å². The van der Waals surface area contributed by atoms with E-state index in [1.165, 1.54) is 0 Å². The van der Waals surface area contributed by atoms with Gasteiger partial charge in [0.15, 0.2) is 0 Å². The van der Waals surface area contributed by atoms with Crippen LogP contribution in [0.1, 0.15) is 118 Å². The molecule has 2 atom stereocenters. The van der Waals surface area contributed by atoms with Crippen molar-refractivity contribution in [2.24, 2.45) is 0 Å². The summed E-state index contributed by atoms with van der Waals surface area (Å²) >= 11 is 0. The van der Waals surface area contributed by atoms with Crippen LogP contribution in [0.25, 0.3) is 33.3 Å². The molecule has 17 heteroatoms. The van der Waals surface area contributed by atoms with Gasteiger partial charge in [-0.05, 0) is 102 Å². The number of hydrogen-bond donors (Lipinski definition) is 4. The molecule has 2 aromatic carbocycles. The largest absolute Gasteiger partial charge is 0.381 e. The van der Waals surface area contributed by atoms with Gasteiger partial charge in [0.2, 0.25) is 29.6 Å². The van der Waals surface area contributed by atoms with E-state index in [0.717, 1.165) is 56.3 Å². The van der Waals surface area contributed by atoms with Crippen LogP contribution in [-0.4, -0.2) is 61.5 Å². The summed E-state index contributed by atoms with van der Waals surface area (Å²) in [5, 5.41) is 19.9. The van der Waals surface area contributed by atoms with Gasteiger partial charge in [-0.2, -0.15) is 0 Å². The molecule has 3 aromatic heterocycles. The number of alkyl halides is 4. The molecule has 0 spiro atoms. The molecule has 324 valence electrons. The Morgan fingerprint density at radius 3 is 1.87 bits per heavy atom. The number of imidazole rings is 1. The van der Waals surface area contributed by atoms with Crippen molar-refractivity contribution in [2.45, 2.75) is 141 Å². The van der Waals surface area contributed by atoms with Crippen molar-refractivity contribution in [3.63, 3.8) is 0 Å². The van der Waals surface area contributed by atoms with E-state index in [1.54, 1.807) is 0 Å². The highest BCUT2D eigenvalue weighted by atomic mass is 19.3. The molecule has 0 radical (unpaired) electrons. The first-order chi connectivity index (χ1) is 29.0. The predicted molar refractivity (Wildman–Crippen MR) is 219 cm³/mol. The smallest absolute Gasteiger partial charge is 0.248 e. The van der Waals surface area contributed by atoms with E-state index in [1.807, 2.05) is 64.1 Å². The minimum absolute atomic E-state index is 0.00481. The lowest BCUT2D eigenvalue weighted by atomic mass is 9.91. The number of hydrogen-bond acceptors (Lipinski definition) is 9. The molecule has 0 bridgehead atoms. The molecular weight excluding hydrogens is 797 g/mol. The van der Waals surface area contributed by atoms with E-state index in [-0.39, 0.29) is 61.5 Å². The van der Waals surface area contributed by atoms with Crippen molar-refractivity contribution in [3.8, 4) is 22.3 Å². The van der Waals surface area contributed by atoms with E-state index in [4.69, 9.17) is 14.0 Å². The van der Waals surface area contributed by atoms with Crippen LogP contribution in [0, 0.1) is 27.7 Å². The maximum absolute atomic E-state index is 13.8. The van der Waals surface area contributed by atoms with Crippen LogP contribution in [0.4, 0.5) is 28.9 Å². The number of amides is 3. The lowest BCUT2D eigenvalue weighted by Gasteiger charge is -2.31. The number of anilines is 2. The summed E-state index contributed by atoms with van der Waals surface area (Å²) in [7, 11) is 0. The Morgan fingerprint density at radius 1 is 0.738 bits per heavy atom. The molecule has 13 nitrogen and oxygen atoms in total. The van der Waals surface area contributed by atoms with Gasteiger partial charge in [0, 0.05) is 61.7 Å². The molecule has 4 N–H and O–H groups in total. The van der Waals surface area contributed by atoms with Gasteiger partial charge >= 0.3 is 0 Å². The monoisotopic (exact) mass is 846 g/mol. The SMILES string of the molecule is Cc1noc(C)c1-c1ccc(NC2CCC(F)(F)CC2)c(NC(=O)[C@@H]2CCC(=O)N2)c1.Cc1noc(C)c1-c1ccc2c(c1)nc([C@@H]1CCC(=O)N1)n2C1CCC(F)(F)CC1. The van der Waals surface area contributed by atoms with Crippen LogP contribution < -0.4 is 21.3 Å². The first kappa shape index (κ1) is 42.0. The zero-order valence-corrected chi connectivity index (χ0v) is 34.6. The number of aromatic nitrogens is 4. The molecule has 2 saturated heterocycles. The van der Waals surface area contributed by atoms with Gasteiger partial charge in [0.05, 0.1) is 39.8 Å². The van der Waals surface area contributed by atoms with Gasteiger partial charge in [-0.15, -0.1) is 0 Å². The second-order valence-electron chi connectivity index (χ2n) is 16.9. The Kier molecular flexibility index (Phi) is 11.4. The standard InChI is InChI=1S/C22H26F2N4O3.C22H24F2N4O2/c1-12-20(13(2)31-28-12)14-3-4-16(25-15-7-9-22(23,24)10-8-15)18(11-14)27-21(30)17-5-6-19(29)26-17;1-12-20(13(2)30-27-12)14-3-5-18-17(11-14)26-21(16-4-6-19(29)25-16)28(18)15-7-9-22(23,24)10-8-15/h3-4,11,15,17,25H,5-10H2,1-2H3,(H,26,29)(H,27,30);3,5,11,15-16H,4,6-10H2,1-2H3,(H,25,29)/t17-;16-/m00/s1. The van der Waals surface area contributed by atoms with Crippen LogP contribution >= 0.6 is 0 Å². The minimum Gasteiger partial charge on any atom is -0.381 e. The predicted octanol–water partition coefficient (Wildman–Crippen LogP) is 9.17. The summed E-state index contributed by atoms with van der Waals surface area (Å²) < 4.78 is 67.3. The Balaban J connectivity index is 0.000000168. The molecule has 3 amide bonds. The highest BCUT2D eigenvalue weighted by Gasteiger charge is 2.39. The van der Waals surface area contributed by atoms with Crippen LogP contribution in [0.2, 0.25) is 0 Å². The van der Waals surface area contributed by atoms with Gasteiger partial charge < -0.3 is 34.9 Å². The maximum atomic E-state index is 13.8. The third-order valence-corrected chi connectivity index (χ3v) is 12.4. The van der Waals surface area contributed by atoms with E-state index < -0.39 is 17.9 Å². The lowest BCUT2D eigenvalue weighted by molar-refractivity contribution is -0.122. The van der Waals surface area contributed by atoms with E-state index in [0.29, 0.717) is 68.5 Å². The summed E-state index contributed by atoms with van der Waals surface area (Å²) in [5.41, 5.74) is 8.00. The maximum Gasteiger partial charge on any atom is 0.248 e. The molecular formula is C44H50F4N8O5. The topological polar surface area (TPSA) is 169 Å². The van der Waals surface area contributed by atoms with E-state index in [9.17, 15) is 31.9 Å². The third kappa shape index (κ3) is 9.01. The molecule has 2 aliphatic carbocycles. The zero-order chi connectivity index (χ0) is 43.2. The number of aryl methyl sites for hydroxylation is 4. The lowest BCUT2D eigenvalue weighted by Crippen LogP contribution is -2.37. The van der Waals surface area contributed by atoms with Crippen molar-refractivity contribution in [1.29, 1.82) is 0 Å². The van der Waals surface area contributed by atoms with Gasteiger partial charge in [0.25, 0.3) is 0 Å². The number of fused-ring (bicyclic) bond motifs is 1. The molecule has 5 heterocycles. The van der Waals surface area contributed by atoms with Gasteiger partial charge in [-0.1, -0.05) is 22.4 Å². The van der Waals surface area contributed by atoms with E-state index in [2.05, 4.69) is 36.1 Å². The highest BCUT2D eigenvalue weighted by molar-refractivity contribution is 6.01. The molecule has 61 heavy (non-hydrogen) atoms. The van der Waals surface area contributed by atoms with Crippen LogP contribution in [0.15, 0.2) is 45.4 Å². The number of carbonyl (C=O) groups is 3. The molecule has 4 fully saturated rings. The van der Waals surface area contributed by atoms with Crippen molar-refractivity contribution in [1.82, 2.24) is 30.5 Å². The fourth-order valence-electron chi connectivity index (χ4n) is 9.15. The molecule has 2 saturated carbocycles. The number of benzene rings is 2. The highest BCUT2D eigenvalue weighted by Crippen LogP contribution is 2.43. The fourth-order valence-corrected chi connectivity index (χ4v) is 9.15. The summed E-state index contributed by atoms with van der Waals surface area (Å²) in [6.45, 7) is 7.43. The summed E-state index contributed by atoms with van der Waals surface area (Å²) in [4.78, 5) is 40.9. The molecule has 4 aliphatic rings. The summed E-state index contributed by atoms with van der Waals surface area (Å²) in [6.07, 6.45) is 2.84. The second kappa shape index (κ2) is 16.6. The van der Waals surface area contributed by atoms with Crippen LogP contribution in [-0.2, 0) is 14.4 Å². The number of carbonyl (C=O) groups excluding carboxylic acids is 3. The van der Waals surface area contributed by atoms with Crippen molar-refractivity contribution in [3.05, 3.63) is 65.1 Å².